The zero-order chi connectivity index (χ0) is 13.0. The Morgan fingerprint density at radius 3 is 2.59 bits per heavy atom. The van der Waals surface area contributed by atoms with Crippen molar-refractivity contribution in [3.8, 4) is 0 Å². The van der Waals surface area contributed by atoms with Gasteiger partial charge in [0.1, 0.15) is 11.9 Å². The number of amidine groups is 1. The number of rotatable bonds is 4. The van der Waals surface area contributed by atoms with Gasteiger partial charge in [-0.15, -0.1) is 0 Å². The normalized spacial score (nSPS) is 17.0. The van der Waals surface area contributed by atoms with Crippen LogP contribution in [0.4, 0.5) is 4.79 Å². The van der Waals surface area contributed by atoms with E-state index in [2.05, 4.69) is 10.3 Å². The van der Waals surface area contributed by atoms with Crippen LogP contribution < -0.4 is 5.32 Å². The van der Waals surface area contributed by atoms with Crippen molar-refractivity contribution in [2.45, 2.75) is 6.04 Å². The van der Waals surface area contributed by atoms with Crippen molar-refractivity contribution in [1.29, 1.82) is 0 Å². The number of hydrogen-bond acceptors (Lipinski definition) is 5. The van der Waals surface area contributed by atoms with Gasteiger partial charge >= 0.3 is 5.24 Å². The van der Waals surface area contributed by atoms with Crippen molar-refractivity contribution in [1.82, 2.24) is 15.1 Å². The molecule has 0 aliphatic carbocycles. The fourth-order valence-electron chi connectivity index (χ4n) is 1.55. The van der Waals surface area contributed by atoms with Crippen LogP contribution in [-0.4, -0.2) is 73.3 Å². The smallest absolute Gasteiger partial charge is 0.306 e. The number of aliphatic imine (C=N–C) groups is 1. The van der Waals surface area contributed by atoms with Crippen molar-refractivity contribution < 1.29 is 9.59 Å². The quantitative estimate of drug-likeness (QED) is 0.760. The Kier molecular flexibility index (Phi) is 4.95. The average Bonchev–Trinajstić information content (AvgIpc) is 2.70. The summed E-state index contributed by atoms with van der Waals surface area (Å²) >= 11 is 1.16. The Balaban J connectivity index is 2.78. The van der Waals surface area contributed by atoms with E-state index in [1.54, 1.807) is 19.0 Å². The highest BCUT2D eigenvalue weighted by molar-refractivity contribution is 8.14. The van der Waals surface area contributed by atoms with Crippen LogP contribution in [0.2, 0.25) is 0 Å². The summed E-state index contributed by atoms with van der Waals surface area (Å²) in [6.45, 7) is 0.577. The minimum Gasteiger partial charge on any atom is -0.357 e. The zero-order valence-corrected chi connectivity index (χ0v) is 11.4. The second-order valence-electron chi connectivity index (χ2n) is 4.09. The van der Waals surface area contributed by atoms with Crippen molar-refractivity contribution in [3.05, 3.63) is 0 Å². The topological polar surface area (TPSA) is 65.0 Å². The molecule has 2 amide bonds. The fraction of sp³-hybridized carbons (Fsp3) is 0.700. The molecule has 1 heterocycles. The van der Waals surface area contributed by atoms with Gasteiger partial charge in [-0.3, -0.25) is 9.59 Å². The third-order valence-corrected chi connectivity index (χ3v) is 3.25. The van der Waals surface area contributed by atoms with Crippen molar-refractivity contribution in [2.24, 2.45) is 4.99 Å². The number of nitrogens with one attached hydrogen (secondary N) is 1. The Hall–Kier alpha value is -1.08. The standard InChI is InChI=1S/C10H18N4O2S/c1-11-9(15)7(5-13(2)3)14(4)8-6-17-10(16)12-8/h7H,5-6H2,1-4H3,(H,11,15)/t7-/m0/s1. The molecule has 7 heteroatoms. The maximum atomic E-state index is 11.8. The molecule has 0 aromatic carbocycles. The molecule has 1 aliphatic heterocycles. The first kappa shape index (κ1) is 14.0. The fourth-order valence-corrected chi connectivity index (χ4v) is 2.24. The Morgan fingerprint density at radius 1 is 1.53 bits per heavy atom. The largest absolute Gasteiger partial charge is 0.357 e. The first-order valence-electron chi connectivity index (χ1n) is 5.29. The second kappa shape index (κ2) is 6.02. The number of hydrogen-bond donors (Lipinski definition) is 1. The molecule has 6 nitrogen and oxygen atoms in total. The van der Waals surface area contributed by atoms with Gasteiger partial charge in [-0.1, -0.05) is 11.8 Å². The second-order valence-corrected chi connectivity index (χ2v) is 5.01. The molecule has 0 saturated heterocycles. The average molecular weight is 258 g/mol. The monoisotopic (exact) mass is 258 g/mol. The summed E-state index contributed by atoms with van der Waals surface area (Å²) in [4.78, 5) is 30.5. The van der Waals surface area contributed by atoms with E-state index in [-0.39, 0.29) is 17.2 Å². The summed E-state index contributed by atoms with van der Waals surface area (Å²) in [6.07, 6.45) is 0. The Bertz CT molecular complexity index is 343. The molecule has 0 aromatic rings. The lowest BCUT2D eigenvalue weighted by Gasteiger charge is -2.30. The van der Waals surface area contributed by atoms with E-state index in [1.165, 1.54) is 0 Å². The predicted octanol–water partition coefficient (Wildman–Crippen LogP) is -0.140. The van der Waals surface area contributed by atoms with E-state index >= 15 is 0 Å². The van der Waals surface area contributed by atoms with Gasteiger partial charge in [0.25, 0.3) is 0 Å². The van der Waals surface area contributed by atoms with Crippen molar-refractivity contribution in [2.75, 3.05) is 40.5 Å². The highest BCUT2D eigenvalue weighted by Gasteiger charge is 2.28. The molecule has 0 bridgehead atoms. The van der Waals surface area contributed by atoms with E-state index < -0.39 is 0 Å². The molecule has 0 aromatic heterocycles. The van der Waals surface area contributed by atoms with Crippen LogP contribution in [0.1, 0.15) is 0 Å². The van der Waals surface area contributed by atoms with Crippen LogP contribution in [0.25, 0.3) is 0 Å². The molecular formula is C10H18N4O2S. The van der Waals surface area contributed by atoms with Gasteiger partial charge < -0.3 is 15.1 Å². The van der Waals surface area contributed by atoms with Gasteiger partial charge in [-0.25, -0.2) is 0 Å². The molecule has 0 spiro atoms. The van der Waals surface area contributed by atoms with Gasteiger partial charge in [-0.2, -0.15) is 4.99 Å². The molecule has 1 rings (SSSR count). The molecule has 17 heavy (non-hydrogen) atoms. The van der Waals surface area contributed by atoms with Crippen LogP contribution in [0.15, 0.2) is 4.99 Å². The number of amides is 2. The summed E-state index contributed by atoms with van der Waals surface area (Å²) in [5, 5.41) is 2.44. The first-order chi connectivity index (χ1) is 7.95. The van der Waals surface area contributed by atoms with E-state index in [4.69, 9.17) is 0 Å². The summed E-state index contributed by atoms with van der Waals surface area (Å²) in [6, 6.07) is -0.333. The highest BCUT2D eigenvalue weighted by Crippen LogP contribution is 2.17. The number of carbonyl (C=O) groups is 2. The number of thioether (sulfide) groups is 1. The van der Waals surface area contributed by atoms with E-state index in [0.29, 0.717) is 18.1 Å². The highest BCUT2D eigenvalue weighted by atomic mass is 32.2. The molecule has 0 saturated carbocycles. The number of nitrogens with zero attached hydrogens (tertiary/aromatic N) is 3. The number of carbonyl (C=O) groups excluding carboxylic acids is 2. The summed E-state index contributed by atoms with van der Waals surface area (Å²) in [5.74, 6) is 1.12. The molecule has 96 valence electrons. The van der Waals surface area contributed by atoms with E-state index in [0.717, 1.165) is 11.8 Å². The van der Waals surface area contributed by atoms with Crippen LogP contribution in [-0.2, 0) is 4.79 Å². The van der Waals surface area contributed by atoms with E-state index in [1.807, 2.05) is 19.0 Å². The lowest BCUT2D eigenvalue weighted by Crippen LogP contribution is -2.51. The zero-order valence-electron chi connectivity index (χ0n) is 10.6. The van der Waals surface area contributed by atoms with Crippen LogP contribution in [0, 0.1) is 0 Å². The Morgan fingerprint density at radius 2 is 2.18 bits per heavy atom. The van der Waals surface area contributed by atoms with Crippen molar-refractivity contribution in [3.63, 3.8) is 0 Å². The van der Waals surface area contributed by atoms with Gasteiger partial charge in [-0.05, 0) is 14.1 Å². The summed E-state index contributed by atoms with van der Waals surface area (Å²) < 4.78 is 0. The van der Waals surface area contributed by atoms with Gasteiger partial charge in [0.15, 0.2) is 0 Å². The molecule has 0 unspecified atom stereocenters. The molecular weight excluding hydrogens is 240 g/mol. The lowest BCUT2D eigenvalue weighted by atomic mass is 10.2. The van der Waals surface area contributed by atoms with Crippen LogP contribution >= 0.6 is 11.8 Å². The summed E-state index contributed by atoms with van der Waals surface area (Å²) in [7, 11) is 7.21. The molecule has 0 radical (unpaired) electrons. The van der Waals surface area contributed by atoms with E-state index in [9.17, 15) is 9.59 Å². The van der Waals surface area contributed by atoms with Gasteiger partial charge in [0.05, 0.1) is 5.75 Å². The first-order valence-corrected chi connectivity index (χ1v) is 6.27. The molecule has 0 fully saturated rings. The lowest BCUT2D eigenvalue weighted by molar-refractivity contribution is -0.124. The third kappa shape index (κ3) is 3.71. The van der Waals surface area contributed by atoms with Crippen molar-refractivity contribution >= 4 is 28.7 Å². The number of likely N-dealkylation sites (N-methyl/N-ethyl adjacent to an activating group) is 3. The predicted molar refractivity (Wildman–Crippen MR) is 69.5 cm³/mol. The molecule has 1 aliphatic rings. The SMILES string of the molecule is CNC(=O)[C@H](CN(C)C)N(C)C1=NC(=O)SC1. The summed E-state index contributed by atoms with van der Waals surface area (Å²) in [5.41, 5.74) is 0. The molecule has 1 N–H and O–H groups in total. The van der Waals surface area contributed by atoms with Gasteiger partial charge in [0, 0.05) is 20.6 Å². The van der Waals surface area contributed by atoms with Crippen LogP contribution in [0.5, 0.6) is 0 Å². The Labute approximate surface area is 105 Å². The van der Waals surface area contributed by atoms with Gasteiger partial charge in [0.2, 0.25) is 5.91 Å². The third-order valence-electron chi connectivity index (χ3n) is 2.51. The minimum atomic E-state index is -0.333. The minimum absolute atomic E-state index is 0.0757. The maximum Gasteiger partial charge on any atom is 0.306 e. The van der Waals surface area contributed by atoms with Crippen LogP contribution in [0.3, 0.4) is 0 Å². The maximum absolute atomic E-state index is 11.8. The molecule has 1 atom stereocenters.